The van der Waals surface area contributed by atoms with Crippen LogP contribution in [-0.4, -0.2) is 54.0 Å². The molecule has 2 rings (SSSR count). The fourth-order valence-corrected chi connectivity index (χ4v) is 2.49. The molecule has 0 aromatic heterocycles. The maximum atomic E-state index is 13.1. The molecule has 0 amide bonds. The largest absolute Gasteiger partial charge is 0.298 e. The van der Waals surface area contributed by atoms with Crippen molar-refractivity contribution in [3.63, 3.8) is 0 Å². The number of hydrogen-bond acceptors (Lipinski definition) is 2. The van der Waals surface area contributed by atoms with E-state index in [0.29, 0.717) is 6.04 Å². The first-order chi connectivity index (χ1) is 7.48. The molecule has 2 nitrogen and oxygen atoms in total. The summed E-state index contributed by atoms with van der Waals surface area (Å²) in [6.07, 6.45) is 0.0518. The zero-order valence-corrected chi connectivity index (χ0v) is 10.8. The Labute approximate surface area is 97.6 Å². The Morgan fingerprint density at radius 1 is 1.19 bits per heavy atom. The van der Waals surface area contributed by atoms with E-state index in [0.717, 1.165) is 19.6 Å². The summed E-state index contributed by atoms with van der Waals surface area (Å²) in [7, 11) is 0. The third-order valence-electron chi connectivity index (χ3n) is 3.34. The topological polar surface area (TPSA) is 6.48 Å². The number of hydrogen-bond donors (Lipinski definition) is 0. The summed E-state index contributed by atoms with van der Waals surface area (Å²) >= 11 is 0. The van der Waals surface area contributed by atoms with Crippen LogP contribution in [0.1, 0.15) is 34.1 Å². The molecular formula is C12H24F2N2. The lowest BCUT2D eigenvalue weighted by Gasteiger charge is -2.39. The molecule has 4 heteroatoms. The van der Waals surface area contributed by atoms with Gasteiger partial charge in [0.2, 0.25) is 0 Å². The molecule has 1 atom stereocenters. The van der Waals surface area contributed by atoms with Crippen LogP contribution in [0.3, 0.4) is 0 Å². The second-order valence-electron chi connectivity index (χ2n) is 4.77. The van der Waals surface area contributed by atoms with Crippen molar-refractivity contribution in [3.8, 4) is 0 Å². The molecule has 0 radical (unpaired) electrons. The van der Waals surface area contributed by atoms with Crippen LogP contribution in [0.4, 0.5) is 8.78 Å². The monoisotopic (exact) mass is 234 g/mol. The highest BCUT2D eigenvalue weighted by atomic mass is 19.3. The predicted octanol–water partition coefficient (Wildman–Crippen LogP) is 2.45. The molecule has 2 saturated heterocycles. The first-order valence-electron chi connectivity index (χ1n) is 6.34. The third kappa shape index (κ3) is 3.14. The smallest absolute Gasteiger partial charge is 0.262 e. The summed E-state index contributed by atoms with van der Waals surface area (Å²) in [4.78, 5) is 4.24. The quantitative estimate of drug-likeness (QED) is 0.687. The van der Waals surface area contributed by atoms with Crippen molar-refractivity contribution >= 4 is 0 Å². The Bertz CT molecular complexity index is 219. The summed E-state index contributed by atoms with van der Waals surface area (Å²) in [5.41, 5.74) is 0. The van der Waals surface area contributed by atoms with Crippen LogP contribution in [0, 0.1) is 0 Å². The van der Waals surface area contributed by atoms with E-state index in [1.807, 2.05) is 18.7 Å². The first kappa shape index (κ1) is 13.8. The Morgan fingerprint density at radius 3 is 2.38 bits per heavy atom. The highest BCUT2D eigenvalue weighted by molar-refractivity contribution is 4.95. The summed E-state index contributed by atoms with van der Waals surface area (Å²) in [6.45, 7) is 10.8. The maximum absolute atomic E-state index is 13.1. The van der Waals surface area contributed by atoms with Crippen molar-refractivity contribution in [2.45, 2.75) is 52.1 Å². The van der Waals surface area contributed by atoms with E-state index in [9.17, 15) is 8.78 Å². The lowest BCUT2D eigenvalue weighted by molar-refractivity contribution is 0.0118. The zero-order valence-electron chi connectivity index (χ0n) is 10.8. The Morgan fingerprint density at radius 2 is 1.81 bits per heavy atom. The highest BCUT2D eigenvalue weighted by Crippen LogP contribution is 2.33. The lowest BCUT2D eigenvalue weighted by atomic mass is 10.1. The molecular weight excluding hydrogens is 210 g/mol. The number of halogens is 2. The normalized spacial score (nSPS) is 29.8. The van der Waals surface area contributed by atoms with Gasteiger partial charge in [-0.05, 0) is 13.8 Å². The van der Waals surface area contributed by atoms with Crippen LogP contribution >= 0.6 is 0 Å². The Hall–Kier alpha value is -0.220. The van der Waals surface area contributed by atoms with Crippen LogP contribution in [0.5, 0.6) is 0 Å². The maximum Gasteiger partial charge on any atom is 0.262 e. The van der Waals surface area contributed by atoms with Gasteiger partial charge in [0.1, 0.15) is 0 Å². The molecule has 1 unspecified atom stereocenters. The van der Waals surface area contributed by atoms with E-state index in [2.05, 4.69) is 18.7 Å². The summed E-state index contributed by atoms with van der Waals surface area (Å²) < 4.78 is 26.2. The zero-order chi connectivity index (χ0) is 12.3. The fourth-order valence-electron chi connectivity index (χ4n) is 2.49. The van der Waals surface area contributed by atoms with Crippen molar-refractivity contribution in [1.82, 2.24) is 9.80 Å². The SMILES string of the molecule is CC.CC(C)N1CCN2CC(F)(F)CC2C1. The van der Waals surface area contributed by atoms with Gasteiger partial charge in [0, 0.05) is 38.1 Å². The van der Waals surface area contributed by atoms with Crippen molar-refractivity contribution < 1.29 is 8.78 Å². The van der Waals surface area contributed by atoms with Gasteiger partial charge in [-0.2, -0.15) is 0 Å². The Kier molecular flexibility index (Phi) is 4.68. The molecule has 16 heavy (non-hydrogen) atoms. The van der Waals surface area contributed by atoms with Gasteiger partial charge in [0.25, 0.3) is 5.92 Å². The minimum Gasteiger partial charge on any atom is -0.298 e. The summed E-state index contributed by atoms with van der Waals surface area (Å²) in [5.74, 6) is -2.45. The lowest BCUT2D eigenvalue weighted by Crippen LogP contribution is -2.52. The summed E-state index contributed by atoms with van der Waals surface area (Å²) in [5, 5.41) is 0. The van der Waals surface area contributed by atoms with Crippen LogP contribution in [0.2, 0.25) is 0 Å². The number of nitrogens with zero attached hydrogens (tertiary/aromatic N) is 2. The van der Waals surface area contributed by atoms with Gasteiger partial charge in [0.15, 0.2) is 0 Å². The molecule has 0 aliphatic carbocycles. The van der Waals surface area contributed by atoms with Gasteiger partial charge in [-0.3, -0.25) is 9.80 Å². The number of rotatable bonds is 1. The van der Waals surface area contributed by atoms with Crippen LogP contribution in [-0.2, 0) is 0 Å². The average Bonchev–Trinajstić information content (AvgIpc) is 2.53. The molecule has 0 saturated carbocycles. The first-order valence-corrected chi connectivity index (χ1v) is 6.34. The van der Waals surface area contributed by atoms with Crippen LogP contribution < -0.4 is 0 Å². The van der Waals surface area contributed by atoms with E-state index in [1.165, 1.54) is 0 Å². The van der Waals surface area contributed by atoms with E-state index in [1.54, 1.807) is 0 Å². The number of piperazine rings is 1. The second-order valence-corrected chi connectivity index (χ2v) is 4.77. The van der Waals surface area contributed by atoms with Crippen molar-refractivity contribution in [3.05, 3.63) is 0 Å². The number of fused-ring (bicyclic) bond motifs is 1. The second kappa shape index (κ2) is 5.41. The molecule has 96 valence electrons. The number of alkyl halides is 2. The Balaban J connectivity index is 0.000000606. The molecule has 2 heterocycles. The highest BCUT2D eigenvalue weighted by Gasteiger charge is 2.46. The molecule has 0 spiro atoms. The molecule has 0 aromatic carbocycles. The van der Waals surface area contributed by atoms with Gasteiger partial charge in [-0.1, -0.05) is 13.8 Å². The van der Waals surface area contributed by atoms with Gasteiger partial charge in [0.05, 0.1) is 6.54 Å². The van der Waals surface area contributed by atoms with E-state index in [-0.39, 0.29) is 19.0 Å². The van der Waals surface area contributed by atoms with E-state index < -0.39 is 5.92 Å². The minimum absolute atomic E-state index is 0.0242. The van der Waals surface area contributed by atoms with Crippen LogP contribution in [0.25, 0.3) is 0 Å². The predicted molar refractivity (Wildman–Crippen MR) is 63.0 cm³/mol. The van der Waals surface area contributed by atoms with Gasteiger partial charge in [-0.25, -0.2) is 8.78 Å². The summed E-state index contributed by atoms with van der Waals surface area (Å²) in [6, 6.07) is 0.563. The molecule has 0 bridgehead atoms. The molecule has 0 N–H and O–H groups in total. The molecule has 2 aliphatic heterocycles. The fraction of sp³-hybridized carbons (Fsp3) is 1.00. The van der Waals surface area contributed by atoms with Crippen molar-refractivity contribution in [2.75, 3.05) is 26.2 Å². The van der Waals surface area contributed by atoms with Gasteiger partial charge >= 0.3 is 0 Å². The van der Waals surface area contributed by atoms with Crippen molar-refractivity contribution in [2.24, 2.45) is 0 Å². The van der Waals surface area contributed by atoms with E-state index >= 15 is 0 Å². The standard InChI is InChI=1S/C10H18F2N2.C2H6/c1-8(2)13-3-4-14-7-10(11,12)5-9(14)6-13;1-2/h8-9H,3-7H2,1-2H3;1-2H3. The van der Waals surface area contributed by atoms with E-state index in [4.69, 9.17) is 0 Å². The van der Waals surface area contributed by atoms with Crippen molar-refractivity contribution in [1.29, 1.82) is 0 Å². The van der Waals surface area contributed by atoms with Gasteiger partial charge < -0.3 is 0 Å². The molecule has 2 fully saturated rings. The van der Waals surface area contributed by atoms with Crippen LogP contribution in [0.15, 0.2) is 0 Å². The molecule has 0 aromatic rings. The third-order valence-corrected chi connectivity index (χ3v) is 3.34. The minimum atomic E-state index is -2.45. The molecule has 2 aliphatic rings. The average molecular weight is 234 g/mol. The van der Waals surface area contributed by atoms with Gasteiger partial charge in [-0.15, -0.1) is 0 Å².